The zero-order chi connectivity index (χ0) is 15.8. The molecule has 22 heavy (non-hydrogen) atoms. The predicted octanol–water partition coefficient (Wildman–Crippen LogP) is 1.35. The molecule has 1 N–H and O–H groups in total. The molecule has 2 heterocycles. The number of aryl methyl sites for hydroxylation is 1. The minimum atomic E-state index is 0.0825. The Morgan fingerprint density at radius 3 is 2.68 bits per heavy atom. The van der Waals surface area contributed by atoms with E-state index < -0.39 is 0 Å². The van der Waals surface area contributed by atoms with Crippen LogP contribution in [0.3, 0.4) is 0 Å². The molecule has 6 heteroatoms. The lowest BCUT2D eigenvalue weighted by Crippen LogP contribution is -2.51. The maximum absolute atomic E-state index is 12.2. The van der Waals surface area contributed by atoms with E-state index in [0.717, 1.165) is 45.6 Å². The average Bonchev–Trinajstić information content (AvgIpc) is 3.05. The molecular formula is C16H25N3O2S. The van der Waals surface area contributed by atoms with Gasteiger partial charge in [0.25, 0.3) is 0 Å². The van der Waals surface area contributed by atoms with Crippen LogP contribution in [-0.4, -0.2) is 60.9 Å². The van der Waals surface area contributed by atoms with Gasteiger partial charge in [-0.2, -0.15) is 11.3 Å². The molecule has 0 bridgehead atoms. The number of carbonyl (C=O) groups excluding carboxylic acids is 2. The van der Waals surface area contributed by atoms with Crippen molar-refractivity contribution in [1.29, 1.82) is 0 Å². The van der Waals surface area contributed by atoms with Gasteiger partial charge in [-0.15, -0.1) is 0 Å². The SMILES string of the molecule is CCCNC(=O)CN1CCN(C(=O)CCc2ccsc2)CC1. The molecule has 0 unspecified atom stereocenters. The first-order chi connectivity index (χ1) is 10.7. The van der Waals surface area contributed by atoms with Gasteiger partial charge in [0, 0.05) is 39.1 Å². The van der Waals surface area contributed by atoms with E-state index in [0.29, 0.717) is 13.0 Å². The third-order valence-corrected chi connectivity index (χ3v) is 4.60. The molecule has 1 aliphatic heterocycles. The number of nitrogens with zero attached hydrogens (tertiary/aromatic N) is 2. The highest BCUT2D eigenvalue weighted by molar-refractivity contribution is 7.07. The Bertz CT molecular complexity index is 468. The van der Waals surface area contributed by atoms with Crippen molar-refractivity contribution < 1.29 is 9.59 Å². The van der Waals surface area contributed by atoms with Gasteiger partial charge in [-0.25, -0.2) is 0 Å². The molecule has 1 aromatic heterocycles. The largest absolute Gasteiger partial charge is 0.355 e. The van der Waals surface area contributed by atoms with Gasteiger partial charge in [-0.05, 0) is 35.2 Å². The molecule has 0 saturated carbocycles. The fraction of sp³-hybridized carbons (Fsp3) is 0.625. The summed E-state index contributed by atoms with van der Waals surface area (Å²) in [7, 11) is 0. The molecule has 0 spiro atoms. The zero-order valence-electron chi connectivity index (χ0n) is 13.2. The lowest BCUT2D eigenvalue weighted by atomic mass is 10.1. The highest BCUT2D eigenvalue weighted by Gasteiger charge is 2.21. The molecule has 2 rings (SSSR count). The number of nitrogens with one attached hydrogen (secondary N) is 1. The molecule has 1 fully saturated rings. The van der Waals surface area contributed by atoms with Crippen molar-refractivity contribution in [3.05, 3.63) is 22.4 Å². The summed E-state index contributed by atoms with van der Waals surface area (Å²) < 4.78 is 0. The summed E-state index contributed by atoms with van der Waals surface area (Å²) in [4.78, 5) is 27.9. The molecule has 0 aromatic carbocycles. The fourth-order valence-electron chi connectivity index (χ4n) is 2.52. The van der Waals surface area contributed by atoms with Gasteiger partial charge in [0.2, 0.25) is 11.8 Å². The first-order valence-electron chi connectivity index (χ1n) is 7.97. The van der Waals surface area contributed by atoms with E-state index in [9.17, 15) is 9.59 Å². The van der Waals surface area contributed by atoms with E-state index in [2.05, 4.69) is 21.7 Å². The second kappa shape index (κ2) is 8.90. The van der Waals surface area contributed by atoms with Crippen LogP contribution in [0.2, 0.25) is 0 Å². The van der Waals surface area contributed by atoms with Crippen molar-refractivity contribution in [2.24, 2.45) is 0 Å². The van der Waals surface area contributed by atoms with Crippen LogP contribution in [0.5, 0.6) is 0 Å². The molecule has 0 radical (unpaired) electrons. The van der Waals surface area contributed by atoms with Crippen molar-refractivity contribution in [2.75, 3.05) is 39.3 Å². The Hall–Kier alpha value is -1.40. The third-order valence-electron chi connectivity index (χ3n) is 3.87. The molecule has 5 nitrogen and oxygen atoms in total. The van der Waals surface area contributed by atoms with Gasteiger partial charge in [-0.1, -0.05) is 6.92 Å². The Morgan fingerprint density at radius 1 is 1.27 bits per heavy atom. The summed E-state index contributed by atoms with van der Waals surface area (Å²) in [6.07, 6.45) is 2.36. The Kier molecular flexibility index (Phi) is 6.86. The van der Waals surface area contributed by atoms with Crippen molar-refractivity contribution in [1.82, 2.24) is 15.1 Å². The maximum atomic E-state index is 12.2. The Morgan fingerprint density at radius 2 is 2.05 bits per heavy atom. The summed E-state index contributed by atoms with van der Waals surface area (Å²) in [6, 6.07) is 2.07. The summed E-state index contributed by atoms with van der Waals surface area (Å²) in [5.41, 5.74) is 1.24. The standard InChI is InChI=1S/C16H25N3O2S/c1-2-6-17-15(20)12-18-7-9-19(10-8-18)16(21)4-3-14-5-11-22-13-14/h5,11,13H,2-4,6-10,12H2,1H3,(H,17,20). The number of amides is 2. The Balaban J connectivity index is 1.65. The lowest BCUT2D eigenvalue weighted by Gasteiger charge is -2.34. The molecule has 1 saturated heterocycles. The van der Waals surface area contributed by atoms with Crippen molar-refractivity contribution in [3.8, 4) is 0 Å². The van der Waals surface area contributed by atoms with Crippen LogP contribution in [0.25, 0.3) is 0 Å². The monoisotopic (exact) mass is 323 g/mol. The van der Waals surface area contributed by atoms with Gasteiger partial charge in [0.05, 0.1) is 6.54 Å². The van der Waals surface area contributed by atoms with E-state index in [1.165, 1.54) is 5.56 Å². The molecule has 1 aliphatic rings. The fourth-order valence-corrected chi connectivity index (χ4v) is 3.23. The first-order valence-corrected chi connectivity index (χ1v) is 8.91. The molecule has 0 atom stereocenters. The van der Waals surface area contributed by atoms with E-state index in [1.807, 2.05) is 17.2 Å². The summed E-state index contributed by atoms with van der Waals surface area (Å²) in [5.74, 6) is 0.306. The number of rotatable bonds is 7. The van der Waals surface area contributed by atoms with E-state index >= 15 is 0 Å². The molecule has 122 valence electrons. The smallest absolute Gasteiger partial charge is 0.234 e. The maximum Gasteiger partial charge on any atom is 0.234 e. The van der Waals surface area contributed by atoms with Crippen LogP contribution < -0.4 is 5.32 Å². The second-order valence-electron chi connectivity index (χ2n) is 5.64. The lowest BCUT2D eigenvalue weighted by molar-refractivity contribution is -0.133. The van der Waals surface area contributed by atoms with E-state index in [1.54, 1.807) is 11.3 Å². The van der Waals surface area contributed by atoms with E-state index in [4.69, 9.17) is 0 Å². The van der Waals surface area contributed by atoms with Crippen molar-refractivity contribution in [3.63, 3.8) is 0 Å². The predicted molar refractivity (Wildman–Crippen MR) is 89.0 cm³/mol. The van der Waals surface area contributed by atoms with Crippen LogP contribution in [0, 0.1) is 0 Å². The number of hydrogen-bond acceptors (Lipinski definition) is 4. The quantitative estimate of drug-likeness (QED) is 0.824. The highest BCUT2D eigenvalue weighted by atomic mass is 32.1. The summed E-state index contributed by atoms with van der Waals surface area (Å²) >= 11 is 1.67. The second-order valence-corrected chi connectivity index (χ2v) is 6.42. The highest BCUT2D eigenvalue weighted by Crippen LogP contribution is 2.10. The van der Waals surface area contributed by atoms with Crippen molar-refractivity contribution >= 4 is 23.2 Å². The van der Waals surface area contributed by atoms with Gasteiger partial charge in [0.15, 0.2) is 0 Å². The van der Waals surface area contributed by atoms with Gasteiger partial charge < -0.3 is 10.2 Å². The minimum Gasteiger partial charge on any atom is -0.355 e. The minimum absolute atomic E-state index is 0.0825. The van der Waals surface area contributed by atoms with Crippen LogP contribution in [-0.2, 0) is 16.0 Å². The first kappa shape index (κ1) is 17.0. The average molecular weight is 323 g/mol. The summed E-state index contributed by atoms with van der Waals surface area (Å²) in [6.45, 7) is 6.23. The molecule has 2 amide bonds. The van der Waals surface area contributed by atoms with Gasteiger partial charge >= 0.3 is 0 Å². The number of carbonyl (C=O) groups is 2. The number of piperazine rings is 1. The third kappa shape index (κ3) is 5.42. The normalized spacial score (nSPS) is 15.8. The van der Waals surface area contributed by atoms with Crippen LogP contribution in [0.4, 0.5) is 0 Å². The van der Waals surface area contributed by atoms with Crippen molar-refractivity contribution in [2.45, 2.75) is 26.2 Å². The summed E-state index contributed by atoms with van der Waals surface area (Å²) in [5, 5.41) is 7.03. The Labute approximate surface area is 136 Å². The molecular weight excluding hydrogens is 298 g/mol. The van der Waals surface area contributed by atoms with E-state index in [-0.39, 0.29) is 11.8 Å². The topological polar surface area (TPSA) is 52.7 Å². The van der Waals surface area contributed by atoms with Crippen LogP contribution in [0.15, 0.2) is 16.8 Å². The van der Waals surface area contributed by atoms with Crippen LogP contribution >= 0.6 is 11.3 Å². The molecule has 0 aliphatic carbocycles. The zero-order valence-corrected chi connectivity index (χ0v) is 14.0. The number of thiophene rings is 1. The van der Waals surface area contributed by atoms with Gasteiger partial charge in [0.1, 0.15) is 0 Å². The molecule has 1 aromatic rings. The van der Waals surface area contributed by atoms with Crippen LogP contribution in [0.1, 0.15) is 25.3 Å². The van der Waals surface area contributed by atoms with Gasteiger partial charge in [-0.3, -0.25) is 14.5 Å². The number of hydrogen-bond donors (Lipinski definition) is 1.